The molecule has 3 rings (SSSR count). The van der Waals surface area contributed by atoms with Gasteiger partial charge in [0.25, 0.3) is 5.91 Å². The molecule has 0 aromatic heterocycles. The Morgan fingerprint density at radius 3 is 2.33 bits per heavy atom. The second-order valence-electron chi connectivity index (χ2n) is 7.62. The van der Waals surface area contributed by atoms with Crippen LogP contribution in [0.2, 0.25) is 0 Å². The minimum atomic E-state index is -0.337. The van der Waals surface area contributed by atoms with Gasteiger partial charge in [-0.3, -0.25) is 14.4 Å². The molecule has 0 radical (unpaired) electrons. The van der Waals surface area contributed by atoms with Crippen molar-refractivity contribution in [2.75, 3.05) is 30.4 Å². The Kier molecular flexibility index (Phi) is 6.40. The van der Waals surface area contributed by atoms with E-state index in [0.29, 0.717) is 18.0 Å². The topological polar surface area (TPSA) is 87.7 Å². The molecule has 1 heterocycles. The lowest BCUT2D eigenvalue weighted by Crippen LogP contribution is -2.30. The molecule has 0 bridgehead atoms. The van der Waals surface area contributed by atoms with Crippen molar-refractivity contribution < 1.29 is 19.1 Å². The van der Waals surface area contributed by atoms with Crippen molar-refractivity contribution in [2.45, 2.75) is 27.2 Å². The molecule has 7 heteroatoms. The quantitative estimate of drug-likeness (QED) is 0.768. The molecule has 3 amide bonds. The van der Waals surface area contributed by atoms with E-state index in [1.54, 1.807) is 36.2 Å². The van der Waals surface area contributed by atoms with E-state index in [1.165, 1.54) is 0 Å². The first-order chi connectivity index (χ1) is 14.3. The smallest absolute Gasteiger partial charge is 0.262 e. The van der Waals surface area contributed by atoms with Crippen LogP contribution in [0.25, 0.3) is 0 Å². The number of benzene rings is 2. The van der Waals surface area contributed by atoms with Crippen molar-refractivity contribution in [2.24, 2.45) is 5.92 Å². The SMILES string of the molecule is CNC(=O)[C@H]1CC(=O)N(c2ccc(OCC(=O)Nc3c(C)cc(C)cc3C)cc2)C1. The van der Waals surface area contributed by atoms with Crippen molar-refractivity contribution in [3.8, 4) is 5.75 Å². The van der Waals surface area contributed by atoms with Crippen LogP contribution in [-0.2, 0) is 14.4 Å². The predicted molar refractivity (Wildman–Crippen MR) is 116 cm³/mol. The second kappa shape index (κ2) is 8.98. The largest absolute Gasteiger partial charge is 0.484 e. The Labute approximate surface area is 176 Å². The number of hydrogen-bond donors (Lipinski definition) is 2. The summed E-state index contributed by atoms with van der Waals surface area (Å²) in [6.07, 6.45) is 0.204. The molecular formula is C23H27N3O4. The molecular weight excluding hydrogens is 382 g/mol. The summed E-state index contributed by atoms with van der Waals surface area (Å²) in [7, 11) is 1.57. The number of aryl methyl sites for hydroxylation is 3. The Bertz CT molecular complexity index is 946. The number of carbonyl (C=O) groups excluding carboxylic acids is 3. The molecule has 1 aliphatic heterocycles. The van der Waals surface area contributed by atoms with E-state index in [0.717, 1.165) is 22.4 Å². The molecule has 2 N–H and O–H groups in total. The summed E-state index contributed by atoms with van der Waals surface area (Å²) >= 11 is 0. The molecule has 158 valence electrons. The number of nitrogens with one attached hydrogen (secondary N) is 2. The maximum atomic E-state index is 12.3. The summed E-state index contributed by atoms with van der Waals surface area (Å²) in [5, 5.41) is 5.49. The lowest BCUT2D eigenvalue weighted by atomic mass is 10.1. The molecule has 2 aromatic carbocycles. The van der Waals surface area contributed by atoms with Gasteiger partial charge in [0.2, 0.25) is 11.8 Å². The van der Waals surface area contributed by atoms with Crippen LogP contribution >= 0.6 is 0 Å². The molecule has 2 aromatic rings. The zero-order chi connectivity index (χ0) is 21.8. The van der Waals surface area contributed by atoms with Crippen LogP contribution in [0.3, 0.4) is 0 Å². The third kappa shape index (κ3) is 4.79. The molecule has 1 atom stereocenters. The number of nitrogens with zero attached hydrogens (tertiary/aromatic N) is 1. The van der Waals surface area contributed by atoms with Crippen molar-refractivity contribution in [3.63, 3.8) is 0 Å². The summed E-state index contributed by atoms with van der Waals surface area (Å²) in [5.74, 6) is -0.259. The summed E-state index contributed by atoms with van der Waals surface area (Å²) in [5.41, 5.74) is 4.68. The predicted octanol–water partition coefficient (Wildman–Crippen LogP) is 2.73. The highest BCUT2D eigenvalue weighted by molar-refractivity contribution is 6.00. The van der Waals surface area contributed by atoms with Gasteiger partial charge in [-0.05, 0) is 56.2 Å². The van der Waals surface area contributed by atoms with Gasteiger partial charge < -0.3 is 20.3 Å². The van der Waals surface area contributed by atoms with E-state index in [2.05, 4.69) is 10.6 Å². The average molecular weight is 409 g/mol. The Hall–Kier alpha value is -3.35. The van der Waals surface area contributed by atoms with Gasteiger partial charge in [0, 0.05) is 31.4 Å². The Morgan fingerprint density at radius 2 is 1.73 bits per heavy atom. The second-order valence-corrected chi connectivity index (χ2v) is 7.62. The Morgan fingerprint density at radius 1 is 1.10 bits per heavy atom. The normalized spacial score (nSPS) is 15.8. The van der Waals surface area contributed by atoms with Crippen molar-refractivity contribution in [1.82, 2.24) is 5.32 Å². The lowest BCUT2D eigenvalue weighted by Gasteiger charge is -2.17. The van der Waals surface area contributed by atoms with Gasteiger partial charge in [-0.1, -0.05) is 17.7 Å². The summed E-state index contributed by atoms with van der Waals surface area (Å²) in [6, 6.07) is 11.0. The molecule has 0 saturated carbocycles. The first-order valence-electron chi connectivity index (χ1n) is 9.91. The van der Waals surface area contributed by atoms with Crippen LogP contribution in [0.15, 0.2) is 36.4 Å². The first-order valence-corrected chi connectivity index (χ1v) is 9.91. The van der Waals surface area contributed by atoms with E-state index in [1.807, 2.05) is 32.9 Å². The van der Waals surface area contributed by atoms with Gasteiger partial charge in [-0.2, -0.15) is 0 Å². The van der Waals surface area contributed by atoms with E-state index < -0.39 is 0 Å². The summed E-state index contributed by atoms with van der Waals surface area (Å²) < 4.78 is 5.59. The van der Waals surface area contributed by atoms with E-state index in [4.69, 9.17) is 4.74 Å². The van der Waals surface area contributed by atoms with Gasteiger partial charge in [-0.15, -0.1) is 0 Å². The molecule has 0 spiro atoms. The third-order valence-electron chi connectivity index (χ3n) is 5.20. The fourth-order valence-electron chi connectivity index (χ4n) is 3.76. The minimum Gasteiger partial charge on any atom is -0.484 e. The summed E-state index contributed by atoms with van der Waals surface area (Å²) in [4.78, 5) is 37.9. The number of amides is 3. The van der Waals surface area contributed by atoms with Gasteiger partial charge >= 0.3 is 0 Å². The number of anilines is 2. The molecule has 0 aliphatic carbocycles. The zero-order valence-corrected chi connectivity index (χ0v) is 17.7. The monoisotopic (exact) mass is 409 g/mol. The molecule has 1 saturated heterocycles. The first kappa shape index (κ1) is 21.4. The number of carbonyl (C=O) groups is 3. The Balaban J connectivity index is 1.57. The van der Waals surface area contributed by atoms with Crippen molar-refractivity contribution in [3.05, 3.63) is 53.1 Å². The van der Waals surface area contributed by atoms with Gasteiger partial charge in [0.05, 0.1) is 5.92 Å². The zero-order valence-electron chi connectivity index (χ0n) is 17.7. The van der Waals surface area contributed by atoms with Crippen LogP contribution in [0, 0.1) is 26.7 Å². The highest BCUT2D eigenvalue weighted by Crippen LogP contribution is 2.27. The van der Waals surface area contributed by atoms with Crippen LogP contribution in [0.4, 0.5) is 11.4 Å². The molecule has 7 nitrogen and oxygen atoms in total. The molecule has 1 fully saturated rings. The highest BCUT2D eigenvalue weighted by atomic mass is 16.5. The number of ether oxygens (including phenoxy) is 1. The third-order valence-corrected chi connectivity index (χ3v) is 5.20. The molecule has 0 unspecified atom stereocenters. The van der Waals surface area contributed by atoms with E-state index in [-0.39, 0.29) is 36.7 Å². The number of hydrogen-bond acceptors (Lipinski definition) is 4. The van der Waals surface area contributed by atoms with E-state index in [9.17, 15) is 14.4 Å². The lowest BCUT2D eigenvalue weighted by molar-refractivity contribution is -0.125. The van der Waals surface area contributed by atoms with Crippen LogP contribution in [0.5, 0.6) is 5.75 Å². The van der Waals surface area contributed by atoms with Gasteiger partial charge in [-0.25, -0.2) is 0 Å². The van der Waals surface area contributed by atoms with Crippen LogP contribution in [0.1, 0.15) is 23.1 Å². The standard InChI is InChI=1S/C23H27N3O4/c1-14-9-15(2)22(16(3)10-14)25-20(27)13-30-19-7-5-18(6-8-19)26-12-17(11-21(26)28)23(29)24-4/h5-10,17H,11-13H2,1-4H3,(H,24,29)(H,25,27)/t17-/m0/s1. The summed E-state index contributed by atoms with van der Waals surface area (Å²) in [6.45, 7) is 6.18. The minimum absolute atomic E-state index is 0.0829. The van der Waals surface area contributed by atoms with Crippen molar-refractivity contribution in [1.29, 1.82) is 0 Å². The van der Waals surface area contributed by atoms with Crippen molar-refractivity contribution >= 4 is 29.1 Å². The maximum Gasteiger partial charge on any atom is 0.262 e. The maximum absolute atomic E-state index is 12.3. The van der Waals surface area contributed by atoms with E-state index >= 15 is 0 Å². The molecule has 30 heavy (non-hydrogen) atoms. The van der Waals surface area contributed by atoms with Crippen LogP contribution in [-0.4, -0.2) is 37.9 Å². The fraction of sp³-hybridized carbons (Fsp3) is 0.348. The average Bonchev–Trinajstić information content (AvgIpc) is 3.10. The molecule has 1 aliphatic rings. The fourth-order valence-corrected chi connectivity index (χ4v) is 3.76. The highest BCUT2D eigenvalue weighted by Gasteiger charge is 2.34. The number of rotatable bonds is 6. The van der Waals surface area contributed by atoms with Gasteiger partial charge in [0.1, 0.15) is 5.75 Å². The van der Waals surface area contributed by atoms with Gasteiger partial charge in [0.15, 0.2) is 6.61 Å². The van der Waals surface area contributed by atoms with Crippen LogP contribution < -0.4 is 20.3 Å².